The summed E-state index contributed by atoms with van der Waals surface area (Å²) in [6.45, 7) is 0.636. The Labute approximate surface area is 175 Å². The third-order valence-electron chi connectivity index (χ3n) is 4.67. The molecular weight excluding hydrogens is 380 g/mol. The molecule has 0 heterocycles. The first-order valence-corrected chi connectivity index (χ1v) is 9.47. The Morgan fingerprint density at radius 2 is 1.63 bits per heavy atom. The van der Waals surface area contributed by atoms with Crippen molar-refractivity contribution in [2.45, 2.75) is 13.2 Å². The van der Waals surface area contributed by atoms with Crippen molar-refractivity contribution in [3.8, 4) is 11.5 Å². The summed E-state index contributed by atoms with van der Waals surface area (Å²) in [5, 5.41) is 0. The fourth-order valence-electron chi connectivity index (χ4n) is 3.13. The number of carbonyl (C=O) groups is 2. The van der Waals surface area contributed by atoms with Crippen LogP contribution in [0.2, 0.25) is 0 Å². The number of primary amides is 1. The van der Waals surface area contributed by atoms with Crippen LogP contribution in [0.1, 0.15) is 31.8 Å². The molecule has 0 saturated heterocycles. The number of benzene rings is 3. The van der Waals surface area contributed by atoms with E-state index in [-0.39, 0.29) is 12.5 Å². The van der Waals surface area contributed by atoms with Gasteiger partial charge in [0.05, 0.1) is 12.7 Å². The van der Waals surface area contributed by atoms with Crippen molar-refractivity contribution in [1.82, 2.24) is 4.90 Å². The van der Waals surface area contributed by atoms with Gasteiger partial charge >= 0.3 is 0 Å². The Kier molecular flexibility index (Phi) is 6.70. The van der Waals surface area contributed by atoms with Crippen LogP contribution >= 0.6 is 0 Å². The maximum atomic E-state index is 12.9. The van der Waals surface area contributed by atoms with Gasteiger partial charge < -0.3 is 20.1 Å². The van der Waals surface area contributed by atoms with E-state index >= 15 is 0 Å². The lowest BCUT2D eigenvalue weighted by Crippen LogP contribution is -2.26. The molecule has 0 atom stereocenters. The van der Waals surface area contributed by atoms with Crippen molar-refractivity contribution < 1.29 is 19.1 Å². The predicted molar refractivity (Wildman–Crippen MR) is 115 cm³/mol. The van der Waals surface area contributed by atoms with Gasteiger partial charge in [-0.2, -0.15) is 0 Å². The minimum Gasteiger partial charge on any atom is -0.496 e. The summed E-state index contributed by atoms with van der Waals surface area (Å²) in [6, 6.07) is 21.6. The summed E-state index contributed by atoms with van der Waals surface area (Å²) >= 11 is 0. The maximum absolute atomic E-state index is 12.9. The van der Waals surface area contributed by atoms with Crippen LogP contribution in [0, 0.1) is 0 Å². The van der Waals surface area contributed by atoms with E-state index in [2.05, 4.69) is 0 Å². The molecule has 0 aromatic heterocycles. The number of nitrogens with two attached hydrogens (primary N) is 1. The van der Waals surface area contributed by atoms with E-state index in [1.165, 1.54) is 0 Å². The summed E-state index contributed by atoms with van der Waals surface area (Å²) < 4.78 is 11.1. The van der Waals surface area contributed by atoms with E-state index in [9.17, 15) is 9.59 Å². The molecule has 6 heteroatoms. The van der Waals surface area contributed by atoms with Gasteiger partial charge in [-0.15, -0.1) is 0 Å². The number of hydrogen-bond donors (Lipinski definition) is 1. The van der Waals surface area contributed by atoms with E-state index in [4.69, 9.17) is 15.2 Å². The highest BCUT2D eigenvalue weighted by Crippen LogP contribution is 2.21. The summed E-state index contributed by atoms with van der Waals surface area (Å²) in [5.74, 6) is 0.496. The van der Waals surface area contributed by atoms with Crippen LogP contribution in [-0.2, 0) is 13.2 Å². The van der Waals surface area contributed by atoms with Gasteiger partial charge in [0.15, 0.2) is 0 Å². The molecule has 154 valence electrons. The molecule has 0 aliphatic carbocycles. The van der Waals surface area contributed by atoms with Crippen LogP contribution in [0.3, 0.4) is 0 Å². The first-order chi connectivity index (χ1) is 14.5. The fourth-order valence-corrected chi connectivity index (χ4v) is 3.13. The smallest absolute Gasteiger partial charge is 0.253 e. The lowest BCUT2D eigenvalue weighted by atomic mass is 10.1. The lowest BCUT2D eigenvalue weighted by Gasteiger charge is -2.19. The molecule has 3 aromatic rings. The average Bonchev–Trinajstić information content (AvgIpc) is 2.77. The molecule has 3 aromatic carbocycles. The standard InChI is InChI=1S/C24H24N2O4/c1-26(15-19-9-3-5-12-21(19)29-2)24(28)18-10-7-8-17(14-18)16-30-22-13-6-4-11-20(22)23(25)27/h3-14H,15-16H2,1-2H3,(H2,25,27). The van der Waals surface area contributed by atoms with Gasteiger partial charge in [-0.25, -0.2) is 0 Å². The fraction of sp³-hybridized carbons (Fsp3) is 0.167. The van der Waals surface area contributed by atoms with Crippen LogP contribution in [0.15, 0.2) is 72.8 Å². The largest absolute Gasteiger partial charge is 0.496 e. The van der Waals surface area contributed by atoms with Gasteiger partial charge in [-0.3, -0.25) is 9.59 Å². The molecule has 2 N–H and O–H groups in total. The van der Waals surface area contributed by atoms with Crippen LogP contribution in [0.4, 0.5) is 0 Å². The van der Waals surface area contributed by atoms with E-state index in [1.807, 2.05) is 36.4 Å². The zero-order valence-corrected chi connectivity index (χ0v) is 17.0. The second-order valence-electron chi connectivity index (χ2n) is 6.82. The monoisotopic (exact) mass is 404 g/mol. The van der Waals surface area contributed by atoms with Crippen molar-refractivity contribution in [2.24, 2.45) is 5.73 Å². The van der Waals surface area contributed by atoms with Crippen molar-refractivity contribution >= 4 is 11.8 Å². The molecule has 0 aliphatic rings. The summed E-state index contributed by atoms with van der Waals surface area (Å²) in [7, 11) is 3.36. The zero-order valence-electron chi connectivity index (χ0n) is 17.0. The SMILES string of the molecule is COc1ccccc1CN(C)C(=O)c1cccc(COc2ccccc2C(N)=O)c1. The molecule has 6 nitrogen and oxygen atoms in total. The summed E-state index contributed by atoms with van der Waals surface area (Å²) in [5.41, 5.74) is 8.00. The Hall–Kier alpha value is -3.80. The highest BCUT2D eigenvalue weighted by Gasteiger charge is 2.15. The van der Waals surface area contributed by atoms with E-state index in [0.29, 0.717) is 23.4 Å². The second kappa shape index (κ2) is 9.60. The summed E-state index contributed by atoms with van der Waals surface area (Å²) in [4.78, 5) is 26.1. The maximum Gasteiger partial charge on any atom is 0.253 e. The minimum atomic E-state index is -0.549. The molecule has 30 heavy (non-hydrogen) atoms. The minimum absolute atomic E-state index is 0.111. The first-order valence-electron chi connectivity index (χ1n) is 9.47. The first kappa shape index (κ1) is 20.9. The average molecular weight is 404 g/mol. The Morgan fingerprint density at radius 1 is 0.933 bits per heavy atom. The van der Waals surface area contributed by atoms with Gasteiger partial charge in [0, 0.05) is 24.7 Å². The molecule has 0 fully saturated rings. The number of methoxy groups -OCH3 is 1. The second-order valence-corrected chi connectivity index (χ2v) is 6.82. The third-order valence-corrected chi connectivity index (χ3v) is 4.67. The van der Waals surface area contributed by atoms with Gasteiger partial charge in [0.1, 0.15) is 18.1 Å². The lowest BCUT2D eigenvalue weighted by molar-refractivity contribution is 0.0784. The normalized spacial score (nSPS) is 10.3. The number of hydrogen-bond acceptors (Lipinski definition) is 4. The number of carbonyl (C=O) groups excluding carboxylic acids is 2. The molecule has 0 spiro atoms. The van der Waals surface area contributed by atoms with Gasteiger partial charge in [-0.1, -0.05) is 42.5 Å². The molecule has 0 saturated carbocycles. The van der Waals surface area contributed by atoms with E-state index in [0.717, 1.165) is 16.9 Å². The van der Waals surface area contributed by atoms with Crippen molar-refractivity contribution in [3.63, 3.8) is 0 Å². The van der Waals surface area contributed by atoms with Gasteiger partial charge in [0.2, 0.25) is 0 Å². The molecule has 0 bridgehead atoms. The van der Waals surface area contributed by atoms with Gasteiger partial charge in [-0.05, 0) is 35.9 Å². The molecule has 2 amide bonds. The Balaban J connectivity index is 1.70. The summed E-state index contributed by atoms with van der Waals surface area (Å²) in [6.07, 6.45) is 0. The number of para-hydroxylation sites is 2. The molecule has 0 aliphatic heterocycles. The quantitative estimate of drug-likeness (QED) is 0.621. The highest BCUT2D eigenvalue weighted by atomic mass is 16.5. The van der Waals surface area contributed by atoms with Crippen LogP contribution in [-0.4, -0.2) is 30.9 Å². The van der Waals surface area contributed by atoms with E-state index < -0.39 is 5.91 Å². The Bertz CT molecular complexity index is 1050. The number of nitrogens with zero attached hydrogens (tertiary/aromatic N) is 1. The van der Waals surface area contributed by atoms with Crippen LogP contribution < -0.4 is 15.2 Å². The molecule has 0 unspecified atom stereocenters. The molecule has 3 rings (SSSR count). The van der Waals surface area contributed by atoms with Crippen LogP contribution in [0.25, 0.3) is 0 Å². The van der Waals surface area contributed by atoms with Crippen molar-refractivity contribution in [2.75, 3.05) is 14.2 Å². The van der Waals surface area contributed by atoms with Crippen LogP contribution in [0.5, 0.6) is 11.5 Å². The zero-order chi connectivity index (χ0) is 21.5. The highest BCUT2D eigenvalue weighted by molar-refractivity contribution is 5.95. The Morgan fingerprint density at radius 3 is 2.37 bits per heavy atom. The van der Waals surface area contributed by atoms with Gasteiger partial charge in [0.25, 0.3) is 11.8 Å². The number of amides is 2. The number of rotatable bonds is 8. The predicted octanol–water partition coefficient (Wildman–Crippen LogP) is 3.65. The third kappa shape index (κ3) is 4.97. The topological polar surface area (TPSA) is 81.9 Å². The van der Waals surface area contributed by atoms with E-state index in [1.54, 1.807) is 55.5 Å². The molecule has 0 radical (unpaired) electrons. The number of ether oxygens (including phenoxy) is 2. The molecular formula is C24H24N2O4. The van der Waals surface area contributed by atoms with Crippen molar-refractivity contribution in [1.29, 1.82) is 0 Å². The van der Waals surface area contributed by atoms with Crippen molar-refractivity contribution in [3.05, 3.63) is 95.1 Å².